The highest BCUT2D eigenvalue weighted by atomic mass is 16.3. The summed E-state index contributed by atoms with van der Waals surface area (Å²) in [6.07, 6.45) is 0.571. The summed E-state index contributed by atoms with van der Waals surface area (Å²) in [5.74, 6) is 0.518. The van der Waals surface area contributed by atoms with E-state index in [2.05, 4.69) is 4.98 Å². The number of nitrogens with two attached hydrogens (primary N) is 1. The number of aliphatic hydroxyl groups is 1. The first-order chi connectivity index (χ1) is 9.36. The third kappa shape index (κ3) is 4.20. The van der Waals surface area contributed by atoms with Crippen LogP contribution in [0.1, 0.15) is 56.1 Å². The number of nitrogens with zero attached hydrogens (tertiary/aromatic N) is 2. The van der Waals surface area contributed by atoms with E-state index in [1.165, 1.54) is 0 Å². The van der Waals surface area contributed by atoms with E-state index in [9.17, 15) is 4.79 Å². The van der Waals surface area contributed by atoms with Gasteiger partial charge in [-0.3, -0.25) is 4.79 Å². The summed E-state index contributed by atoms with van der Waals surface area (Å²) in [6.45, 7) is 8.56. The molecule has 1 aromatic rings. The van der Waals surface area contributed by atoms with Gasteiger partial charge in [-0.2, -0.15) is 0 Å². The molecule has 0 atom stereocenters. The Hall–Kier alpha value is -1.62. The minimum Gasteiger partial charge on any atom is -0.396 e. The molecule has 5 nitrogen and oxygen atoms in total. The van der Waals surface area contributed by atoms with E-state index in [-0.39, 0.29) is 24.5 Å². The molecule has 1 rings (SSSR count). The number of aliphatic hydroxyl groups excluding tert-OH is 1. The summed E-state index contributed by atoms with van der Waals surface area (Å²) in [5, 5.41) is 8.94. The van der Waals surface area contributed by atoms with Crippen molar-refractivity contribution in [3.05, 3.63) is 23.4 Å². The molecule has 1 amide bonds. The molecule has 0 saturated carbocycles. The minimum atomic E-state index is -0.0653. The Morgan fingerprint density at radius 2 is 2.00 bits per heavy atom. The lowest BCUT2D eigenvalue weighted by Gasteiger charge is -2.27. The molecule has 0 aliphatic carbocycles. The predicted octanol–water partition coefficient (Wildman–Crippen LogP) is 2.02. The summed E-state index contributed by atoms with van der Waals surface area (Å²) in [6, 6.07) is 3.49. The molecular weight excluding hydrogens is 254 g/mol. The molecule has 0 fully saturated rings. The van der Waals surface area contributed by atoms with Crippen LogP contribution in [0, 0.1) is 0 Å². The number of carbonyl (C=O) groups excluding carboxylic acids is 1. The summed E-state index contributed by atoms with van der Waals surface area (Å²) in [4.78, 5) is 18.6. The molecular formula is C15H25N3O2. The van der Waals surface area contributed by atoms with Crippen LogP contribution in [-0.2, 0) is 0 Å². The van der Waals surface area contributed by atoms with Crippen molar-refractivity contribution < 1.29 is 9.90 Å². The normalized spacial score (nSPS) is 11.2. The Kier molecular flexibility index (Phi) is 5.95. The van der Waals surface area contributed by atoms with Crippen LogP contribution in [0.5, 0.6) is 0 Å². The number of hydrogen-bond acceptors (Lipinski definition) is 4. The zero-order valence-electron chi connectivity index (χ0n) is 12.8. The van der Waals surface area contributed by atoms with Gasteiger partial charge in [-0.25, -0.2) is 4.98 Å². The van der Waals surface area contributed by atoms with Gasteiger partial charge < -0.3 is 15.7 Å². The van der Waals surface area contributed by atoms with Gasteiger partial charge in [0.15, 0.2) is 0 Å². The number of aromatic nitrogens is 1. The SMILES string of the molecule is CC(C)c1cc(C(=O)N(CCCO)C(C)C)cc(N)n1. The average Bonchev–Trinajstić information content (AvgIpc) is 2.37. The Balaban J connectivity index is 3.05. The largest absolute Gasteiger partial charge is 0.396 e. The summed E-state index contributed by atoms with van der Waals surface area (Å²) < 4.78 is 0. The van der Waals surface area contributed by atoms with E-state index in [4.69, 9.17) is 10.8 Å². The van der Waals surface area contributed by atoms with Crippen LogP contribution in [0.25, 0.3) is 0 Å². The number of hydrogen-bond donors (Lipinski definition) is 2. The summed E-state index contributed by atoms with van der Waals surface area (Å²) in [5.41, 5.74) is 7.17. The van der Waals surface area contributed by atoms with Crippen molar-refractivity contribution in [2.75, 3.05) is 18.9 Å². The van der Waals surface area contributed by atoms with Gasteiger partial charge in [-0.1, -0.05) is 13.8 Å². The van der Waals surface area contributed by atoms with Crippen LogP contribution in [0.4, 0.5) is 5.82 Å². The van der Waals surface area contributed by atoms with Gasteiger partial charge >= 0.3 is 0 Å². The molecule has 0 unspecified atom stereocenters. The summed E-state index contributed by atoms with van der Waals surface area (Å²) in [7, 11) is 0. The molecule has 0 spiro atoms. The Bertz CT molecular complexity index is 458. The topological polar surface area (TPSA) is 79.5 Å². The van der Waals surface area contributed by atoms with Gasteiger partial charge in [0.2, 0.25) is 0 Å². The number of amides is 1. The second kappa shape index (κ2) is 7.24. The van der Waals surface area contributed by atoms with Crippen molar-refractivity contribution in [3.63, 3.8) is 0 Å². The quantitative estimate of drug-likeness (QED) is 0.835. The van der Waals surface area contributed by atoms with Crippen molar-refractivity contribution in [1.29, 1.82) is 0 Å². The van der Waals surface area contributed by atoms with E-state index >= 15 is 0 Å². The lowest BCUT2D eigenvalue weighted by Crippen LogP contribution is -2.38. The van der Waals surface area contributed by atoms with Crippen molar-refractivity contribution in [2.45, 2.75) is 46.1 Å². The smallest absolute Gasteiger partial charge is 0.254 e. The second-order valence-corrected chi connectivity index (χ2v) is 5.53. The number of pyridine rings is 1. The zero-order chi connectivity index (χ0) is 15.3. The molecule has 1 aromatic heterocycles. The van der Waals surface area contributed by atoms with Crippen LogP contribution >= 0.6 is 0 Å². The maximum Gasteiger partial charge on any atom is 0.254 e. The highest BCUT2D eigenvalue weighted by Gasteiger charge is 2.20. The van der Waals surface area contributed by atoms with Crippen LogP contribution in [-0.4, -0.2) is 40.1 Å². The van der Waals surface area contributed by atoms with E-state index in [1.807, 2.05) is 27.7 Å². The maximum atomic E-state index is 12.6. The zero-order valence-corrected chi connectivity index (χ0v) is 12.8. The predicted molar refractivity (Wildman–Crippen MR) is 80.6 cm³/mol. The Labute approximate surface area is 120 Å². The molecule has 5 heteroatoms. The lowest BCUT2D eigenvalue weighted by molar-refractivity contribution is 0.0693. The minimum absolute atomic E-state index is 0.0653. The highest BCUT2D eigenvalue weighted by molar-refractivity contribution is 5.95. The molecule has 112 valence electrons. The van der Waals surface area contributed by atoms with Crippen molar-refractivity contribution in [2.24, 2.45) is 0 Å². The first kappa shape index (κ1) is 16.4. The number of nitrogen functional groups attached to an aromatic ring is 1. The van der Waals surface area contributed by atoms with Crippen molar-refractivity contribution in [1.82, 2.24) is 9.88 Å². The number of anilines is 1. The van der Waals surface area contributed by atoms with Gasteiger partial charge in [0, 0.05) is 30.5 Å². The van der Waals surface area contributed by atoms with E-state index in [0.29, 0.717) is 24.3 Å². The van der Waals surface area contributed by atoms with Crippen LogP contribution in [0.2, 0.25) is 0 Å². The Morgan fingerprint density at radius 1 is 1.35 bits per heavy atom. The third-order valence-corrected chi connectivity index (χ3v) is 3.14. The van der Waals surface area contributed by atoms with E-state index in [1.54, 1.807) is 17.0 Å². The molecule has 0 saturated heterocycles. The number of rotatable bonds is 6. The van der Waals surface area contributed by atoms with Crippen LogP contribution in [0.3, 0.4) is 0 Å². The monoisotopic (exact) mass is 279 g/mol. The third-order valence-electron chi connectivity index (χ3n) is 3.14. The lowest BCUT2D eigenvalue weighted by atomic mass is 10.1. The molecule has 3 N–H and O–H groups in total. The summed E-state index contributed by atoms with van der Waals surface area (Å²) >= 11 is 0. The second-order valence-electron chi connectivity index (χ2n) is 5.53. The van der Waals surface area contributed by atoms with Gasteiger partial charge in [0.1, 0.15) is 5.82 Å². The highest BCUT2D eigenvalue weighted by Crippen LogP contribution is 2.18. The molecule has 0 aliphatic rings. The van der Waals surface area contributed by atoms with Crippen LogP contribution < -0.4 is 5.73 Å². The van der Waals surface area contributed by atoms with Gasteiger partial charge in [-0.15, -0.1) is 0 Å². The molecule has 1 heterocycles. The molecule has 0 radical (unpaired) electrons. The molecule has 20 heavy (non-hydrogen) atoms. The fourth-order valence-electron chi connectivity index (χ4n) is 1.99. The Morgan fingerprint density at radius 3 is 2.50 bits per heavy atom. The van der Waals surface area contributed by atoms with Gasteiger partial charge in [0.25, 0.3) is 5.91 Å². The first-order valence-corrected chi connectivity index (χ1v) is 7.06. The van der Waals surface area contributed by atoms with Crippen molar-refractivity contribution in [3.8, 4) is 0 Å². The molecule has 0 aliphatic heterocycles. The van der Waals surface area contributed by atoms with E-state index < -0.39 is 0 Å². The van der Waals surface area contributed by atoms with E-state index in [0.717, 1.165) is 5.69 Å². The van der Waals surface area contributed by atoms with Crippen molar-refractivity contribution >= 4 is 11.7 Å². The fraction of sp³-hybridized carbons (Fsp3) is 0.600. The fourth-order valence-corrected chi connectivity index (χ4v) is 1.99. The standard InChI is InChI=1S/C15H25N3O2/c1-10(2)13-8-12(9-14(16)17-13)15(20)18(11(3)4)6-5-7-19/h8-11,19H,5-7H2,1-4H3,(H2,16,17). The maximum absolute atomic E-state index is 12.6. The number of carbonyl (C=O) groups is 1. The molecule has 0 bridgehead atoms. The van der Waals surface area contributed by atoms with Gasteiger partial charge in [0.05, 0.1) is 0 Å². The van der Waals surface area contributed by atoms with Gasteiger partial charge in [-0.05, 0) is 38.3 Å². The first-order valence-electron chi connectivity index (χ1n) is 7.06. The van der Waals surface area contributed by atoms with Crippen LogP contribution in [0.15, 0.2) is 12.1 Å². The molecule has 0 aromatic carbocycles. The average molecular weight is 279 g/mol.